The van der Waals surface area contributed by atoms with Gasteiger partial charge in [-0.25, -0.2) is 4.79 Å². The van der Waals surface area contributed by atoms with Crippen molar-refractivity contribution in [3.8, 4) is 0 Å². The Morgan fingerprint density at radius 2 is 1.89 bits per heavy atom. The molecule has 0 heterocycles. The van der Waals surface area contributed by atoms with Gasteiger partial charge in [-0.1, -0.05) is 44.0 Å². The van der Waals surface area contributed by atoms with Gasteiger partial charge in [0, 0.05) is 24.7 Å². The lowest BCUT2D eigenvalue weighted by atomic mass is 9.90. The van der Waals surface area contributed by atoms with E-state index in [0.29, 0.717) is 12.0 Å². The van der Waals surface area contributed by atoms with E-state index in [1.165, 1.54) is 6.08 Å². The molecule has 0 unspecified atom stereocenters. The van der Waals surface area contributed by atoms with Crippen molar-refractivity contribution in [3.05, 3.63) is 48.0 Å². The Bertz CT molecular complexity index is 696. The molecule has 2 rings (SSSR count). The molecule has 6 heteroatoms. The van der Waals surface area contributed by atoms with E-state index in [1.54, 1.807) is 36.4 Å². The van der Waals surface area contributed by atoms with E-state index in [9.17, 15) is 19.5 Å². The summed E-state index contributed by atoms with van der Waals surface area (Å²) in [6, 6.07) is 8.49. The number of carbonyl (C=O) groups excluding carboxylic acids is 2. The maximum absolute atomic E-state index is 12.4. The highest BCUT2D eigenvalue weighted by molar-refractivity contribution is 5.90. The number of unbranched alkanes of at least 4 members (excludes halogenated alkanes) is 2. The number of aliphatic hydroxyl groups is 1. The molecule has 0 radical (unpaired) electrons. The number of allylic oxidation sites excluding steroid dienone is 1. The topological polar surface area (TPSA) is 101 Å². The molecule has 1 aromatic rings. The Kier molecular flexibility index (Phi) is 8.39. The number of hydrogen-bond acceptors (Lipinski definition) is 5. The predicted octanol–water partition coefficient (Wildman–Crippen LogP) is 3.39. The number of carbonyl (C=O) groups is 3. The second-order valence-corrected chi connectivity index (χ2v) is 7.23. The van der Waals surface area contributed by atoms with Gasteiger partial charge in [-0.05, 0) is 24.6 Å². The molecule has 0 bridgehead atoms. The Labute approximate surface area is 165 Å². The minimum absolute atomic E-state index is 0.0444. The molecule has 1 aliphatic rings. The average Bonchev–Trinajstić information content (AvgIpc) is 2.95. The molecule has 0 spiro atoms. The van der Waals surface area contributed by atoms with Crippen molar-refractivity contribution < 1.29 is 29.3 Å². The Balaban J connectivity index is 2.11. The largest absolute Gasteiger partial charge is 0.481 e. The number of ether oxygens (including phenoxy) is 1. The number of aliphatic hydroxyl groups excluding tert-OH is 1. The summed E-state index contributed by atoms with van der Waals surface area (Å²) in [7, 11) is 0. The summed E-state index contributed by atoms with van der Waals surface area (Å²) in [6.07, 6.45) is 4.59. The highest BCUT2D eigenvalue weighted by atomic mass is 16.5. The fourth-order valence-electron chi connectivity index (χ4n) is 3.60. The first-order valence-electron chi connectivity index (χ1n) is 9.79. The standard InChI is InChI=1S/C22H28O6/c1-2-3-5-10-16(23)11-12-17-18(13-21(25)26)19(24)14-20(17)28-22(27)15-8-6-4-7-9-15/h4,6-9,11-12,17-20,24H,2-3,5,10,13-14H2,1H3,(H,25,26)/t17-,18-,19-,20-/m0/s1. The first kappa shape index (κ1) is 21.8. The summed E-state index contributed by atoms with van der Waals surface area (Å²) in [4.78, 5) is 35.6. The van der Waals surface area contributed by atoms with Crippen molar-refractivity contribution in [1.29, 1.82) is 0 Å². The quantitative estimate of drug-likeness (QED) is 0.362. The maximum atomic E-state index is 12.4. The number of carboxylic acid groups (broad SMARTS) is 1. The fraction of sp³-hybridized carbons (Fsp3) is 0.500. The van der Waals surface area contributed by atoms with Crippen molar-refractivity contribution in [2.24, 2.45) is 11.8 Å². The molecule has 0 aliphatic heterocycles. The smallest absolute Gasteiger partial charge is 0.338 e. The lowest BCUT2D eigenvalue weighted by Crippen LogP contribution is -2.26. The molecule has 1 fully saturated rings. The summed E-state index contributed by atoms with van der Waals surface area (Å²) in [6.45, 7) is 2.06. The van der Waals surface area contributed by atoms with E-state index in [1.807, 2.05) is 0 Å². The lowest BCUT2D eigenvalue weighted by Gasteiger charge is -2.21. The van der Waals surface area contributed by atoms with Gasteiger partial charge in [0.15, 0.2) is 5.78 Å². The number of rotatable bonds is 10. The Hall–Kier alpha value is -2.47. The van der Waals surface area contributed by atoms with Crippen LogP contribution in [0.3, 0.4) is 0 Å². The normalized spacial score (nSPS) is 24.4. The van der Waals surface area contributed by atoms with Crippen LogP contribution < -0.4 is 0 Å². The first-order valence-corrected chi connectivity index (χ1v) is 9.79. The molecular formula is C22H28O6. The van der Waals surface area contributed by atoms with Crippen LogP contribution in [0.4, 0.5) is 0 Å². The highest BCUT2D eigenvalue weighted by Crippen LogP contribution is 2.38. The van der Waals surface area contributed by atoms with E-state index in [-0.39, 0.29) is 18.6 Å². The molecule has 1 aromatic carbocycles. The molecule has 4 atom stereocenters. The average molecular weight is 388 g/mol. The van der Waals surface area contributed by atoms with Crippen LogP contribution in [0.15, 0.2) is 42.5 Å². The Morgan fingerprint density at radius 3 is 2.54 bits per heavy atom. The van der Waals surface area contributed by atoms with Gasteiger partial charge in [-0.15, -0.1) is 0 Å². The summed E-state index contributed by atoms with van der Waals surface area (Å²) < 4.78 is 5.57. The van der Waals surface area contributed by atoms with E-state index >= 15 is 0 Å². The highest BCUT2D eigenvalue weighted by Gasteiger charge is 2.44. The summed E-state index contributed by atoms with van der Waals surface area (Å²) in [5.74, 6) is -2.73. The zero-order valence-electron chi connectivity index (χ0n) is 16.1. The van der Waals surface area contributed by atoms with Gasteiger partial charge in [-0.3, -0.25) is 9.59 Å². The fourth-order valence-corrected chi connectivity index (χ4v) is 3.60. The number of aliphatic carboxylic acids is 1. The van der Waals surface area contributed by atoms with Crippen molar-refractivity contribution in [3.63, 3.8) is 0 Å². The monoisotopic (exact) mass is 388 g/mol. The first-order chi connectivity index (χ1) is 13.4. The molecule has 152 valence electrons. The van der Waals surface area contributed by atoms with Crippen molar-refractivity contribution in [2.45, 2.75) is 57.7 Å². The minimum Gasteiger partial charge on any atom is -0.481 e. The molecule has 0 aromatic heterocycles. The molecule has 1 saturated carbocycles. The van der Waals surface area contributed by atoms with E-state index in [2.05, 4.69) is 6.92 Å². The summed E-state index contributed by atoms with van der Waals surface area (Å²) >= 11 is 0. The molecule has 0 saturated heterocycles. The van der Waals surface area contributed by atoms with Crippen molar-refractivity contribution in [1.82, 2.24) is 0 Å². The van der Waals surface area contributed by atoms with Gasteiger partial charge in [-0.2, -0.15) is 0 Å². The van der Waals surface area contributed by atoms with Gasteiger partial charge in [0.2, 0.25) is 0 Å². The second kappa shape index (κ2) is 10.8. The van der Waals surface area contributed by atoms with Crippen LogP contribution in [0.2, 0.25) is 0 Å². The lowest BCUT2D eigenvalue weighted by molar-refractivity contribution is -0.139. The maximum Gasteiger partial charge on any atom is 0.338 e. The number of benzene rings is 1. The third-order valence-corrected chi connectivity index (χ3v) is 5.10. The molecule has 28 heavy (non-hydrogen) atoms. The molecule has 2 N–H and O–H groups in total. The molecular weight excluding hydrogens is 360 g/mol. The Morgan fingerprint density at radius 1 is 1.18 bits per heavy atom. The minimum atomic E-state index is -1.04. The third-order valence-electron chi connectivity index (χ3n) is 5.10. The van der Waals surface area contributed by atoms with Crippen molar-refractivity contribution >= 4 is 17.7 Å². The zero-order valence-corrected chi connectivity index (χ0v) is 16.1. The summed E-state index contributed by atoms with van der Waals surface area (Å²) in [5, 5.41) is 19.5. The number of esters is 1. The van der Waals surface area contributed by atoms with Crippen molar-refractivity contribution in [2.75, 3.05) is 0 Å². The van der Waals surface area contributed by atoms with E-state index in [0.717, 1.165) is 19.3 Å². The predicted molar refractivity (Wildman–Crippen MR) is 104 cm³/mol. The SMILES string of the molecule is CCCCCC(=O)C=C[C@H]1[C@H](CC(=O)O)[C@@H](O)C[C@@H]1OC(=O)c1ccccc1. The number of carboxylic acids is 1. The number of hydrogen-bond donors (Lipinski definition) is 2. The molecule has 6 nitrogen and oxygen atoms in total. The van der Waals surface area contributed by atoms with Crippen LogP contribution in [0.5, 0.6) is 0 Å². The second-order valence-electron chi connectivity index (χ2n) is 7.23. The van der Waals surface area contributed by atoms with E-state index in [4.69, 9.17) is 9.84 Å². The third kappa shape index (κ3) is 6.30. The molecule has 0 amide bonds. The van der Waals surface area contributed by atoms with Crippen LogP contribution in [0, 0.1) is 11.8 Å². The van der Waals surface area contributed by atoms with Crippen LogP contribution in [-0.2, 0) is 14.3 Å². The van der Waals surface area contributed by atoms with Gasteiger partial charge in [0.05, 0.1) is 18.1 Å². The van der Waals surface area contributed by atoms with Crippen LogP contribution in [0.25, 0.3) is 0 Å². The number of ketones is 1. The van der Waals surface area contributed by atoms with Gasteiger partial charge in [0.25, 0.3) is 0 Å². The van der Waals surface area contributed by atoms with E-state index < -0.39 is 36.0 Å². The van der Waals surface area contributed by atoms with Crippen LogP contribution >= 0.6 is 0 Å². The summed E-state index contributed by atoms with van der Waals surface area (Å²) in [5.41, 5.74) is 0.386. The zero-order chi connectivity index (χ0) is 20.5. The van der Waals surface area contributed by atoms with Gasteiger partial charge in [0.1, 0.15) is 6.10 Å². The van der Waals surface area contributed by atoms with Crippen LogP contribution in [-0.4, -0.2) is 40.1 Å². The van der Waals surface area contributed by atoms with Gasteiger partial charge < -0.3 is 14.9 Å². The van der Waals surface area contributed by atoms with Gasteiger partial charge >= 0.3 is 11.9 Å². The molecule has 1 aliphatic carbocycles. The van der Waals surface area contributed by atoms with Crippen LogP contribution in [0.1, 0.15) is 55.8 Å².